The Morgan fingerprint density at radius 2 is 2.32 bits per heavy atom. The summed E-state index contributed by atoms with van der Waals surface area (Å²) < 4.78 is 27.1. The number of hydrogen-bond acceptors (Lipinski definition) is 5. The van der Waals surface area contributed by atoms with Gasteiger partial charge in [0.25, 0.3) is 0 Å². The maximum atomic E-state index is 12.2. The third-order valence-electron chi connectivity index (χ3n) is 3.47. The van der Waals surface area contributed by atoms with Crippen molar-refractivity contribution < 1.29 is 8.42 Å². The van der Waals surface area contributed by atoms with Crippen molar-refractivity contribution in [1.82, 2.24) is 14.9 Å². The van der Waals surface area contributed by atoms with E-state index in [1.54, 1.807) is 11.4 Å². The lowest BCUT2D eigenvalue weighted by Crippen LogP contribution is -2.38. The highest BCUT2D eigenvalue weighted by molar-refractivity contribution is 7.89. The molecule has 0 bridgehead atoms. The summed E-state index contributed by atoms with van der Waals surface area (Å²) >= 11 is 1.47. The van der Waals surface area contributed by atoms with E-state index in [1.807, 2.05) is 14.1 Å². The molecule has 0 aromatic carbocycles. The summed E-state index contributed by atoms with van der Waals surface area (Å²) in [6, 6.07) is 2.06. The quantitative estimate of drug-likeness (QED) is 0.817. The standard InChI is InChI=1S/C12H21N3O2S2/c1-13-8-11-6-12(9-18-11)19(16,17)14-7-10-4-3-5-15(10)2/h6,9-10,13-14H,3-5,7-8H2,1-2H3. The maximum Gasteiger partial charge on any atom is 0.241 e. The molecule has 0 spiro atoms. The third kappa shape index (κ3) is 3.76. The van der Waals surface area contributed by atoms with Crippen molar-refractivity contribution in [2.75, 3.05) is 27.2 Å². The van der Waals surface area contributed by atoms with E-state index in [9.17, 15) is 8.42 Å². The van der Waals surface area contributed by atoms with Gasteiger partial charge < -0.3 is 10.2 Å². The minimum Gasteiger partial charge on any atom is -0.315 e. The van der Waals surface area contributed by atoms with Crippen LogP contribution in [-0.2, 0) is 16.6 Å². The lowest BCUT2D eigenvalue weighted by Gasteiger charge is -2.19. The molecule has 1 atom stereocenters. The summed E-state index contributed by atoms with van der Waals surface area (Å²) in [6.07, 6.45) is 2.21. The fraction of sp³-hybridized carbons (Fsp3) is 0.667. The van der Waals surface area contributed by atoms with Gasteiger partial charge in [0.05, 0.1) is 4.90 Å². The fourth-order valence-corrected chi connectivity index (χ4v) is 4.65. The minimum atomic E-state index is -3.36. The number of nitrogens with one attached hydrogen (secondary N) is 2. The van der Waals surface area contributed by atoms with E-state index in [1.165, 1.54) is 11.3 Å². The lowest BCUT2D eigenvalue weighted by atomic mass is 10.2. The van der Waals surface area contributed by atoms with E-state index in [4.69, 9.17) is 0 Å². The van der Waals surface area contributed by atoms with E-state index >= 15 is 0 Å². The Morgan fingerprint density at radius 1 is 1.53 bits per heavy atom. The van der Waals surface area contributed by atoms with Crippen molar-refractivity contribution in [3.8, 4) is 0 Å². The summed E-state index contributed by atoms with van der Waals surface area (Å²) in [7, 11) is 0.530. The summed E-state index contributed by atoms with van der Waals surface area (Å²) in [5.74, 6) is 0. The second-order valence-corrected chi connectivity index (χ2v) is 7.67. The lowest BCUT2D eigenvalue weighted by molar-refractivity contribution is 0.311. The second-order valence-electron chi connectivity index (χ2n) is 4.91. The zero-order valence-electron chi connectivity index (χ0n) is 11.3. The number of thiophene rings is 1. The Bertz CT molecular complexity index is 513. The van der Waals surface area contributed by atoms with Crippen molar-refractivity contribution in [1.29, 1.82) is 0 Å². The normalized spacial score (nSPS) is 21.1. The summed E-state index contributed by atoms with van der Waals surface area (Å²) in [5.41, 5.74) is 0. The molecule has 1 aliphatic heterocycles. The summed E-state index contributed by atoms with van der Waals surface area (Å²) in [4.78, 5) is 3.62. The maximum absolute atomic E-state index is 12.2. The average Bonchev–Trinajstić information content (AvgIpc) is 2.97. The third-order valence-corrected chi connectivity index (χ3v) is 5.96. The average molecular weight is 303 g/mol. The molecule has 108 valence electrons. The Hall–Kier alpha value is -0.470. The van der Waals surface area contributed by atoms with Crippen molar-refractivity contribution in [2.45, 2.75) is 30.3 Å². The first-order valence-electron chi connectivity index (χ1n) is 6.45. The molecule has 19 heavy (non-hydrogen) atoms. The zero-order valence-corrected chi connectivity index (χ0v) is 13.0. The Kier molecular flexibility index (Phi) is 4.97. The molecule has 2 N–H and O–H groups in total. The van der Waals surface area contributed by atoms with Crippen LogP contribution in [-0.4, -0.2) is 46.5 Å². The smallest absolute Gasteiger partial charge is 0.241 e. The number of nitrogens with zero attached hydrogens (tertiary/aromatic N) is 1. The van der Waals surface area contributed by atoms with Crippen LogP contribution in [0.4, 0.5) is 0 Å². The van der Waals surface area contributed by atoms with E-state index in [0.717, 1.165) is 24.3 Å². The first kappa shape index (κ1) is 14.9. The highest BCUT2D eigenvalue weighted by Gasteiger charge is 2.23. The molecule has 1 unspecified atom stereocenters. The number of likely N-dealkylation sites (N-methyl/N-ethyl adjacent to an activating group) is 1. The Balaban J connectivity index is 1.97. The van der Waals surface area contributed by atoms with E-state index < -0.39 is 10.0 Å². The van der Waals surface area contributed by atoms with Crippen LogP contribution < -0.4 is 10.0 Å². The van der Waals surface area contributed by atoms with Gasteiger partial charge in [-0.15, -0.1) is 11.3 Å². The fourth-order valence-electron chi connectivity index (χ4n) is 2.29. The summed E-state index contributed by atoms with van der Waals surface area (Å²) in [6.45, 7) is 2.25. The highest BCUT2D eigenvalue weighted by Crippen LogP contribution is 2.20. The van der Waals surface area contributed by atoms with E-state index in [-0.39, 0.29) is 0 Å². The molecule has 1 fully saturated rings. The van der Waals surface area contributed by atoms with Gasteiger partial charge in [-0.25, -0.2) is 13.1 Å². The summed E-state index contributed by atoms with van der Waals surface area (Å²) in [5, 5.41) is 4.72. The van der Waals surface area contributed by atoms with Gasteiger partial charge in [0.15, 0.2) is 0 Å². The van der Waals surface area contributed by atoms with Crippen LogP contribution in [0.1, 0.15) is 17.7 Å². The zero-order chi connectivity index (χ0) is 13.9. The van der Waals surface area contributed by atoms with Gasteiger partial charge in [0.2, 0.25) is 10.0 Å². The van der Waals surface area contributed by atoms with Gasteiger partial charge in [-0.1, -0.05) is 0 Å². The van der Waals surface area contributed by atoms with Crippen molar-refractivity contribution in [3.05, 3.63) is 16.3 Å². The van der Waals surface area contributed by atoms with Crippen molar-refractivity contribution >= 4 is 21.4 Å². The van der Waals surface area contributed by atoms with Crippen LogP contribution in [0, 0.1) is 0 Å². The van der Waals surface area contributed by atoms with Gasteiger partial charge in [-0.05, 0) is 39.5 Å². The predicted octanol–water partition coefficient (Wildman–Crippen LogP) is 0.840. The second kappa shape index (κ2) is 6.32. The number of sulfonamides is 1. The molecule has 1 aliphatic rings. The first-order chi connectivity index (χ1) is 9.03. The number of hydrogen-bond donors (Lipinski definition) is 2. The largest absolute Gasteiger partial charge is 0.315 e. The van der Waals surface area contributed by atoms with Gasteiger partial charge in [-0.3, -0.25) is 0 Å². The Morgan fingerprint density at radius 3 is 2.95 bits per heavy atom. The van der Waals surface area contributed by atoms with Crippen LogP contribution in [0.5, 0.6) is 0 Å². The molecule has 2 heterocycles. The topological polar surface area (TPSA) is 61.4 Å². The van der Waals surface area contributed by atoms with E-state index in [2.05, 4.69) is 14.9 Å². The molecule has 0 radical (unpaired) electrons. The SMILES string of the molecule is CNCc1cc(S(=O)(=O)NCC2CCCN2C)cs1. The van der Waals surface area contributed by atoms with Crippen molar-refractivity contribution in [3.63, 3.8) is 0 Å². The van der Waals surface area contributed by atoms with Crippen LogP contribution in [0.3, 0.4) is 0 Å². The highest BCUT2D eigenvalue weighted by atomic mass is 32.2. The molecule has 5 nitrogen and oxygen atoms in total. The molecule has 7 heteroatoms. The van der Waals surface area contributed by atoms with Crippen LogP contribution in [0.15, 0.2) is 16.3 Å². The molecular weight excluding hydrogens is 282 g/mol. The van der Waals surface area contributed by atoms with E-state index in [0.29, 0.717) is 24.0 Å². The number of rotatable bonds is 6. The van der Waals surface area contributed by atoms with Crippen LogP contribution in [0.25, 0.3) is 0 Å². The first-order valence-corrected chi connectivity index (χ1v) is 8.81. The molecule has 0 saturated carbocycles. The van der Waals surface area contributed by atoms with Gasteiger partial charge in [0.1, 0.15) is 0 Å². The molecule has 1 saturated heterocycles. The molecule has 0 aliphatic carbocycles. The van der Waals surface area contributed by atoms with Gasteiger partial charge in [-0.2, -0.15) is 0 Å². The van der Waals surface area contributed by atoms with Crippen molar-refractivity contribution in [2.24, 2.45) is 0 Å². The van der Waals surface area contributed by atoms with Crippen LogP contribution in [0.2, 0.25) is 0 Å². The predicted molar refractivity (Wildman–Crippen MR) is 77.9 cm³/mol. The minimum absolute atomic E-state index is 0.324. The molecular formula is C12H21N3O2S2. The molecule has 2 rings (SSSR count). The van der Waals surface area contributed by atoms with Gasteiger partial charge in [0, 0.05) is 29.4 Å². The number of likely N-dealkylation sites (tertiary alicyclic amines) is 1. The molecule has 1 aromatic heterocycles. The molecule has 0 amide bonds. The Labute approximate surface area is 119 Å². The molecule has 1 aromatic rings. The van der Waals surface area contributed by atoms with Gasteiger partial charge >= 0.3 is 0 Å². The van der Waals surface area contributed by atoms with Crippen LogP contribution >= 0.6 is 11.3 Å². The monoisotopic (exact) mass is 303 g/mol.